The van der Waals surface area contributed by atoms with Gasteiger partial charge < -0.3 is 4.74 Å². The van der Waals surface area contributed by atoms with Gasteiger partial charge in [-0.3, -0.25) is 9.89 Å². The number of carbonyl (C=O) groups is 1. The van der Waals surface area contributed by atoms with Crippen LogP contribution in [0.4, 0.5) is 0 Å². The first kappa shape index (κ1) is 11.4. The maximum atomic E-state index is 11.1. The minimum Gasteiger partial charge on any atom is -0.469 e. The van der Waals surface area contributed by atoms with E-state index in [0.29, 0.717) is 12.8 Å². The number of H-pyrrole nitrogens is 1. The van der Waals surface area contributed by atoms with E-state index in [0.717, 1.165) is 16.8 Å². The topological polar surface area (TPSA) is 55.0 Å². The Kier molecular flexibility index (Phi) is 3.55. The maximum absolute atomic E-state index is 11.1. The van der Waals surface area contributed by atoms with Crippen LogP contribution in [-0.4, -0.2) is 23.3 Å². The van der Waals surface area contributed by atoms with Crippen molar-refractivity contribution in [3.8, 4) is 11.3 Å². The fourth-order valence-corrected chi connectivity index (χ4v) is 1.69. The number of methoxy groups -OCH3 is 1. The van der Waals surface area contributed by atoms with E-state index < -0.39 is 0 Å². The van der Waals surface area contributed by atoms with Crippen LogP contribution in [-0.2, 0) is 16.0 Å². The van der Waals surface area contributed by atoms with E-state index in [2.05, 4.69) is 14.9 Å². The van der Waals surface area contributed by atoms with Crippen molar-refractivity contribution in [1.82, 2.24) is 10.2 Å². The number of esters is 1. The fourth-order valence-electron chi connectivity index (χ4n) is 1.69. The molecule has 4 nitrogen and oxygen atoms in total. The lowest BCUT2D eigenvalue weighted by atomic mass is 10.1. The third-order valence-corrected chi connectivity index (χ3v) is 2.61. The average Bonchev–Trinajstić information content (AvgIpc) is 2.85. The highest BCUT2D eigenvalue weighted by Crippen LogP contribution is 2.21. The molecule has 1 N–H and O–H groups in total. The van der Waals surface area contributed by atoms with Crippen molar-refractivity contribution in [3.63, 3.8) is 0 Å². The van der Waals surface area contributed by atoms with E-state index in [1.807, 2.05) is 30.3 Å². The Balaban J connectivity index is 2.15. The number of hydrogen-bond acceptors (Lipinski definition) is 3. The van der Waals surface area contributed by atoms with Crippen LogP contribution in [0.15, 0.2) is 36.5 Å². The van der Waals surface area contributed by atoms with Gasteiger partial charge in [0.05, 0.1) is 19.0 Å². The summed E-state index contributed by atoms with van der Waals surface area (Å²) in [5.74, 6) is -0.204. The molecule has 0 bridgehead atoms. The maximum Gasteiger partial charge on any atom is 0.305 e. The van der Waals surface area contributed by atoms with E-state index in [-0.39, 0.29) is 5.97 Å². The van der Waals surface area contributed by atoms with Gasteiger partial charge in [0.2, 0.25) is 0 Å². The summed E-state index contributed by atoms with van der Waals surface area (Å²) in [4.78, 5) is 11.1. The van der Waals surface area contributed by atoms with Crippen LogP contribution in [0.3, 0.4) is 0 Å². The lowest BCUT2D eigenvalue weighted by Crippen LogP contribution is -2.02. The zero-order valence-corrected chi connectivity index (χ0v) is 9.64. The molecule has 2 aromatic rings. The number of carbonyl (C=O) groups excluding carboxylic acids is 1. The Morgan fingerprint density at radius 3 is 2.82 bits per heavy atom. The van der Waals surface area contributed by atoms with Crippen LogP contribution in [0, 0.1) is 0 Å². The molecular weight excluding hydrogens is 216 g/mol. The minimum absolute atomic E-state index is 0.204. The van der Waals surface area contributed by atoms with Crippen molar-refractivity contribution in [3.05, 3.63) is 42.1 Å². The van der Waals surface area contributed by atoms with Crippen molar-refractivity contribution in [2.75, 3.05) is 7.11 Å². The Labute approximate surface area is 99.6 Å². The van der Waals surface area contributed by atoms with Crippen LogP contribution in [0.25, 0.3) is 11.3 Å². The van der Waals surface area contributed by atoms with E-state index in [4.69, 9.17) is 0 Å². The first-order valence-corrected chi connectivity index (χ1v) is 5.45. The van der Waals surface area contributed by atoms with Gasteiger partial charge in [0.25, 0.3) is 0 Å². The van der Waals surface area contributed by atoms with Crippen molar-refractivity contribution in [2.24, 2.45) is 0 Å². The summed E-state index contributed by atoms with van der Waals surface area (Å²) in [5.41, 5.74) is 3.07. The quantitative estimate of drug-likeness (QED) is 0.819. The highest BCUT2D eigenvalue weighted by molar-refractivity contribution is 5.70. The molecular formula is C13H14N2O2. The minimum atomic E-state index is -0.204. The molecule has 88 valence electrons. The highest BCUT2D eigenvalue weighted by Gasteiger charge is 2.09. The number of hydrogen-bond donors (Lipinski definition) is 1. The number of benzene rings is 1. The third-order valence-electron chi connectivity index (χ3n) is 2.61. The molecule has 0 unspecified atom stereocenters. The zero-order chi connectivity index (χ0) is 12.1. The van der Waals surface area contributed by atoms with Gasteiger partial charge in [-0.25, -0.2) is 0 Å². The van der Waals surface area contributed by atoms with Gasteiger partial charge >= 0.3 is 5.97 Å². The van der Waals surface area contributed by atoms with Crippen molar-refractivity contribution >= 4 is 5.97 Å². The largest absolute Gasteiger partial charge is 0.469 e. The van der Waals surface area contributed by atoms with Crippen LogP contribution in [0.2, 0.25) is 0 Å². The summed E-state index contributed by atoms with van der Waals surface area (Å²) in [6.45, 7) is 0. The van der Waals surface area contributed by atoms with Gasteiger partial charge in [-0.15, -0.1) is 0 Å². The van der Waals surface area contributed by atoms with Gasteiger partial charge in [-0.2, -0.15) is 5.10 Å². The molecule has 0 aliphatic heterocycles. The second kappa shape index (κ2) is 5.30. The average molecular weight is 230 g/mol. The van der Waals surface area contributed by atoms with Gasteiger partial charge in [0.1, 0.15) is 0 Å². The Morgan fingerprint density at radius 2 is 2.12 bits per heavy atom. The van der Waals surface area contributed by atoms with Crippen molar-refractivity contribution < 1.29 is 9.53 Å². The molecule has 1 heterocycles. The van der Waals surface area contributed by atoms with Gasteiger partial charge in [0.15, 0.2) is 0 Å². The number of ether oxygens (including phenoxy) is 1. The molecule has 0 atom stereocenters. The number of nitrogens with zero attached hydrogens (tertiary/aromatic N) is 1. The van der Waals surface area contributed by atoms with E-state index in [9.17, 15) is 4.79 Å². The Bertz CT molecular complexity index is 491. The summed E-state index contributed by atoms with van der Waals surface area (Å²) in [6.07, 6.45) is 2.76. The number of aromatic nitrogens is 2. The first-order chi connectivity index (χ1) is 8.31. The fraction of sp³-hybridized carbons (Fsp3) is 0.231. The third kappa shape index (κ3) is 2.72. The SMILES string of the molecule is COC(=O)CCc1cn[nH]c1-c1ccccc1. The van der Waals surface area contributed by atoms with Gasteiger partial charge in [0, 0.05) is 6.42 Å². The summed E-state index contributed by atoms with van der Waals surface area (Å²) in [5, 5.41) is 6.99. The number of aromatic amines is 1. The molecule has 0 radical (unpaired) electrons. The monoisotopic (exact) mass is 230 g/mol. The van der Waals surface area contributed by atoms with Crippen LogP contribution in [0.5, 0.6) is 0 Å². The van der Waals surface area contributed by atoms with Crippen LogP contribution in [0.1, 0.15) is 12.0 Å². The van der Waals surface area contributed by atoms with Crippen molar-refractivity contribution in [1.29, 1.82) is 0 Å². The second-order valence-corrected chi connectivity index (χ2v) is 3.71. The van der Waals surface area contributed by atoms with Crippen LogP contribution >= 0.6 is 0 Å². The van der Waals surface area contributed by atoms with E-state index in [1.165, 1.54) is 7.11 Å². The van der Waals surface area contributed by atoms with Gasteiger partial charge in [-0.1, -0.05) is 30.3 Å². The normalized spacial score (nSPS) is 10.2. The smallest absolute Gasteiger partial charge is 0.305 e. The molecule has 0 saturated heterocycles. The standard InChI is InChI=1S/C13H14N2O2/c1-17-12(16)8-7-11-9-14-15-13(11)10-5-3-2-4-6-10/h2-6,9H,7-8H2,1H3,(H,14,15). The highest BCUT2D eigenvalue weighted by atomic mass is 16.5. The summed E-state index contributed by atoms with van der Waals surface area (Å²) in [6, 6.07) is 9.93. The van der Waals surface area contributed by atoms with Crippen molar-refractivity contribution in [2.45, 2.75) is 12.8 Å². The zero-order valence-electron chi connectivity index (χ0n) is 9.64. The molecule has 0 fully saturated rings. The predicted molar refractivity (Wildman–Crippen MR) is 64.4 cm³/mol. The molecule has 1 aromatic heterocycles. The molecule has 0 amide bonds. The molecule has 0 aliphatic rings. The Hall–Kier alpha value is -2.10. The number of rotatable bonds is 4. The van der Waals surface area contributed by atoms with E-state index in [1.54, 1.807) is 6.20 Å². The Morgan fingerprint density at radius 1 is 1.35 bits per heavy atom. The lowest BCUT2D eigenvalue weighted by molar-refractivity contribution is -0.140. The van der Waals surface area contributed by atoms with Crippen LogP contribution < -0.4 is 0 Å². The molecule has 0 saturated carbocycles. The number of nitrogens with one attached hydrogen (secondary N) is 1. The van der Waals surface area contributed by atoms with E-state index >= 15 is 0 Å². The number of aryl methyl sites for hydroxylation is 1. The summed E-state index contributed by atoms with van der Waals surface area (Å²) in [7, 11) is 1.40. The predicted octanol–water partition coefficient (Wildman–Crippen LogP) is 2.18. The first-order valence-electron chi connectivity index (χ1n) is 5.45. The summed E-state index contributed by atoms with van der Waals surface area (Å²) < 4.78 is 4.62. The molecule has 4 heteroatoms. The second-order valence-electron chi connectivity index (χ2n) is 3.71. The summed E-state index contributed by atoms with van der Waals surface area (Å²) >= 11 is 0. The molecule has 2 rings (SSSR count). The lowest BCUT2D eigenvalue weighted by Gasteiger charge is -2.02. The molecule has 17 heavy (non-hydrogen) atoms. The molecule has 0 aliphatic carbocycles. The molecule has 1 aromatic carbocycles. The van der Waals surface area contributed by atoms with Gasteiger partial charge in [-0.05, 0) is 17.5 Å². The molecule has 0 spiro atoms.